The van der Waals surface area contributed by atoms with E-state index < -0.39 is 17.5 Å². The molecule has 2 atom stereocenters. The summed E-state index contributed by atoms with van der Waals surface area (Å²) in [4.78, 5) is 14.9. The smallest absolute Gasteiger partial charge is 0.318 e. The second-order valence-electron chi connectivity index (χ2n) is 8.53. The highest BCUT2D eigenvalue weighted by Gasteiger charge is 2.35. The van der Waals surface area contributed by atoms with Crippen molar-refractivity contribution >= 4 is 27.5 Å². The molecule has 6 rings (SSSR count). The molecule has 2 aromatic carbocycles. The molecular weight excluding hydrogens is 449 g/mol. The van der Waals surface area contributed by atoms with Crippen LogP contribution in [-0.2, 0) is 4.74 Å². The molecule has 2 fully saturated rings. The Morgan fingerprint density at radius 1 is 1.06 bits per heavy atom. The number of aromatic nitrogens is 3. The summed E-state index contributed by atoms with van der Waals surface area (Å²) in [5.41, 5.74) is -0.430. The monoisotopic (exact) mass is 468 g/mol. The van der Waals surface area contributed by atoms with Gasteiger partial charge in [0.05, 0.1) is 24.7 Å². The summed E-state index contributed by atoms with van der Waals surface area (Å²) in [5.74, 6) is -2.86. The SMILES string of the molecule is COc1nc(N2CC3CCC(C2)O3)c2cnc(-c3cc(O)cc4ccc(F)c(F)c34)c(F)c2n1. The number of methoxy groups -OCH3 is 1. The summed E-state index contributed by atoms with van der Waals surface area (Å²) in [6.07, 6.45) is 3.45. The minimum absolute atomic E-state index is 0.0321. The third kappa shape index (κ3) is 3.20. The number of ether oxygens (including phenoxy) is 2. The van der Waals surface area contributed by atoms with Crippen LogP contribution in [0.15, 0.2) is 30.5 Å². The van der Waals surface area contributed by atoms with Gasteiger partial charge in [-0.3, -0.25) is 4.98 Å². The molecular formula is C24H19F3N4O3. The fourth-order valence-electron chi connectivity index (χ4n) is 4.90. The van der Waals surface area contributed by atoms with E-state index in [0.717, 1.165) is 25.0 Å². The summed E-state index contributed by atoms with van der Waals surface area (Å²) in [6.45, 7) is 1.19. The second-order valence-corrected chi connectivity index (χ2v) is 8.53. The number of rotatable bonds is 3. The fourth-order valence-corrected chi connectivity index (χ4v) is 4.90. The van der Waals surface area contributed by atoms with E-state index in [2.05, 4.69) is 15.0 Å². The molecule has 2 saturated heterocycles. The van der Waals surface area contributed by atoms with Crippen molar-refractivity contribution in [3.8, 4) is 23.0 Å². The molecule has 0 radical (unpaired) electrons. The molecule has 0 amide bonds. The van der Waals surface area contributed by atoms with Gasteiger partial charge in [-0.25, -0.2) is 13.2 Å². The lowest BCUT2D eigenvalue weighted by Crippen LogP contribution is -2.43. The number of halogens is 3. The van der Waals surface area contributed by atoms with E-state index in [1.165, 1.54) is 25.4 Å². The average Bonchev–Trinajstić information content (AvgIpc) is 3.18. The highest BCUT2D eigenvalue weighted by molar-refractivity contribution is 6.00. The predicted octanol–water partition coefficient (Wildman–Crippen LogP) is 4.34. The zero-order chi connectivity index (χ0) is 23.6. The molecule has 1 N–H and O–H groups in total. The molecule has 0 aliphatic carbocycles. The van der Waals surface area contributed by atoms with E-state index in [-0.39, 0.29) is 51.5 Å². The predicted molar refractivity (Wildman–Crippen MR) is 118 cm³/mol. The van der Waals surface area contributed by atoms with Gasteiger partial charge in [0.15, 0.2) is 17.5 Å². The van der Waals surface area contributed by atoms with E-state index in [1.54, 1.807) is 0 Å². The minimum Gasteiger partial charge on any atom is -0.508 e. The van der Waals surface area contributed by atoms with Crippen molar-refractivity contribution in [2.45, 2.75) is 25.0 Å². The van der Waals surface area contributed by atoms with E-state index in [1.807, 2.05) is 4.90 Å². The van der Waals surface area contributed by atoms with Crippen molar-refractivity contribution in [3.05, 3.63) is 47.9 Å². The number of morpholine rings is 1. The van der Waals surface area contributed by atoms with Gasteiger partial charge in [-0.2, -0.15) is 9.97 Å². The van der Waals surface area contributed by atoms with Crippen molar-refractivity contribution < 1.29 is 27.8 Å². The van der Waals surface area contributed by atoms with Crippen LogP contribution >= 0.6 is 0 Å². The summed E-state index contributed by atoms with van der Waals surface area (Å²) >= 11 is 0. The second kappa shape index (κ2) is 7.69. The number of aromatic hydroxyl groups is 1. The highest BCUT2D eigenvalue weighted by Crippen LogP contribution is 2.39. The molecule has 174 valence electrons. The Labute approximate surface area is 191 Å². The van der Waals surface area contributed by atoms with Crippen LogP contribution in [0.2, 0.25) is 0 Å². The Hall–Kier alpha value is -3.66. The Bertz CT molecular complexity index is 1450. The van der Waals surface area contributed by atoms with Gasteiger partial charge in [-0.15, -0.1) is 0 Å². The van der Waals surface area contributed by atoms with Crippen molar-refractivity contribution in [1.82, 2.24) is 15.0 Å². The highest BCUT2D eigenvalue weighted by atomic mass is 19.2. The number of fused-ring (bicyclic) bond motifs is 4. The van der Waals surface area contributed by atoms with Crippen LogP contribution in [0.1, 0.15) is 12.8 Å². The molecule has 2 unspecified atom stereocenters. The van der Waals surface area contributed by atoms with Gasteiger partial charge in [-0.1, -0.05) is 6.07 Å². The molecule has 0 spiro atoms. The normalized spacial score (nSPS) is 19.8. The van der Waals surface area contributed by atoms with Gasteiger partial charge >= 0.3 is 6.01 Å². The van der Waals surface area contributed by atoms with E-state index in [9.17, 15) is 13.9 Å². The molecule has 2 aliphatic heterocycles. The number of benzene rings is 2. The molecule has 34 heavy (non-hydrogen) atoms. The number of phenols is 1. The maximum absolute atomic E-state index is 15.9. The number of hydrogen-bond acceptors (Lipinski definition) is 7. The molecule has 0 saturated carbocycles. The lowest BCUT2D eigenvalue weighted by molar-refractivity contribution is 0.0303. The van der Waals surface area contributed by atoms with Crippen LogP contribution in [0.5, 0.6) is 11.8 Å². The molecule has 4 heterocycles. The van der Waals surface area contributed by atoms with Gasteiger partial charge in [0.25, 0.3) is 0 Å². The van der Waals surface area contributed by atoms with Gasteiger partial charge < -0.3 is 19.5 Å². The first kappa shape index (κ1) is 20.9. The first-order valence-corrected chi connectivity index (χ1v) is 10.8. The number of pyridine rings is 1. The van der Waals surface area contributed by atoms with Crippen LogP contribution < -0.4 is 9.64 Å². The minimum atomic E-state index is -1.15. The Kier molecular flexibility index (Phi) is 4.73. The van der Waals surface area contributed by atoms with Crippen LogP contribution in [0.25, 0.3) is 32.9 Å². The van der Waals surface area contributed by atoms with Gasteiger partial charge in [-0.05, 0) is 36.4 Å². The summed E-state index contributed by atoms with van der Waals surface area (Å²) in [5, 5.41) is 10.5. The van der Waals surface area contributed by atoms with Crippen LogP contribution in [0.4, 0.5) is 19.0 Å². The van der Waals surface area contributed by atoms with Crippen molar-refractivity contribution in [2.75, 3.05) is 25.1 Å². The van der Waals surface area contributed by atoms with Crippen molar-refractivity contribution in [1.29, 1.82) is 0 Å². The summed E-state index contributed by atoms with van der Waals surface area (Å²) < 4.78 is 55.8. The Morgan fingerprint density at radius 3 is 2.56 bits per heavy atom. The maximum Gasteiger partial charge on any atom is 0.318 e. The number of anilines is 1. The molecule has 2 aromatic heterocycles. The third-order valence-electron chi connectivity index (χ3n) is 6.42. The van der Waals surface area contributed by atoms with Gasteiger partial charge in [0.2, 0.25) is 0 Å². The summed E-state index contributed by atoms with van der Waals surface area (Å²) in [7, 11) is 1.38. The lowest BCUT2D eigenvalue weighted by Gasteiger charge is -2.33. The third-order valence-corrected chi connectivity index (χ3v) is 6.42. The van der Waals surface area contributed by atoms with Gasteiger partial charge in [0.1, 0.15) is 22.8 Å². The number of nitrogens with zero attached hydrogens (tertiary/aromatic N) is 4. The van der Waals surface area contributed by atoms with Crippen LogP contribution in [-0.4, -0.2) is 52.5 Å². The number of phenolic OH excluding ortho intramolecular Hbond substituents is 1. The largest absolute Gasteiger partial charge is 0.508 e. The first-order chi connectivity index (χ1) is 16.4. The van der Waals surface area contributed by atoms with Crippen LogP contribution in [0.3, 0.4) is 0 Å². The molecule has 10 heteroatoms. The lowest BCUT2D eigenvalue weighted by atomic mass is 9.99. The van der Waals surface area contributed by atoms with Crippen molar-refractivity contribution in [2.24, 2.45) is 0 Å². The van der Waals surface area contributed by atoms with E-state index in [4.69, 9.17) is 9.47 Å². The van der Waals surface area contributed by atoms with E-state index in [0.29, 0.717) is 24.3 Å². The molecule has 2 aliphatic rings. The summed E-state index contributed by atoms with van der Waals surface area (Å²) in [6, 6.07) is 4.66. The van der Waals surface area contributed by atoms with Crippen molar-refractivity contribution in [3.63, 3.8) is 0 Å². The zero-order valence-corrected chi connectivity index (χ0v) is 18.1. The first-order valence-electron chi connectivity index (χ1n) is 10.8. The molecule has 4 aromatic rings. The number of hydrogen-bond donors (Lipinski definition) is 1. The Morgan fingerprint density at radius 2 is 1.82 bits per heavy atom. The Balaban J connectivity index is 1.58. The van der Waals surface area contributed by atoms with Gasteiger partial charge in [0, 0.05) is 30.2 Å². The van der Waals surface area contributed by atoms with E-state index >= 15 is 4.39 Å². The maximum atomic E-state index is 15.9. The standard InChI is InChI=1S/C24H19F3N4O3/c1-33-24-29-22-16(23(30-24)31-9-13-3-4-14(10-31)34-13)8-28-21(20(22)27)15-7-12(32)6-11-2-5-17(25)19(26)18(11)15/h2,5-8,13-14,32H,3-4,9-10H2,1H3. The quantitative estimate of drug-likeness (QED) is 0.479. The zero-order valence-electron chi connectivity index (χ0n) is 18.1. The molecule has 7 nitrogen and oxygen atoms in total. The fraction of sp³-hybridized carbons (Fsp3) is 0.292. The average molecular weight is 468 g/mol. The van der Waals surface area contributed by atoms with Crippen LogP contribution in [0, 0.1) is 17.5 Å². The molecule has 2 bridgehead atoms. The topological polar surface area (TPSA) is 80.6 Å².